The van der Waals surface area contributed by atoms with Gasteiger partial charge in [-0.2, -0.15) is 0 Å². The Balaban J connectivity index is 1.41. The number of benzene rings is 1. The van der Waals surface area contributed by atoms with Gasteiger partial charge in [-0.3, -0.25) is 14.4 Å². The highest BCUT2D eigenvalue weighted by molar-refractivity contribution is 6.35. The summed E-state index contributed by atoms with van der Waals surface area (Å²) in [5.74, 6) is -1.25. The highest BCUT2D eigenvalue weighted by atomic mass is 35.5. The van der Waals surface area contributed by atoms with Gasteiger partial charge in [-0.05, 0) is 49.7 Å². The van der Waals surface area contributed by atoms with Crippen molar-refractivity contribution in [1.29, 1.82) is 0 Å². The van der Waals surface area contributed by atoms with E-state index >= 15 is 0 Å². The van der Waals surface area contributed by atoms with Crippen molar-refractivity contribution in [3.8, 4) is 5.75 Å². The van der Waals surface area contributed by atoms with Crippen LogP contribution in [0.1, 0.15) is 61.9 Å². The van der Waals surface area contributed by atoms with Gasteiger partial charge >= 0.3 is 5.97 Å². The molecule has 1 aromatic carbocycles. The topological polar surface area (TPSA) is 130 Å². The normalized spacial score (nSPS) is 23.1. The summed E-state index contributed by atoms with van der Waals surface area (Å²) in [5, 5.41) is 6.76. The molecular weight excluding hydrogens is 524 g/mol. The number of esters is 1. The number of fused-ring (bicyclic) bond motifs is 1. The molecule has 3 fully saturated rings. The highest BCUT2D eigenvalue weighted by Crippen LogP contribution is 2.47. The number of nitrogens with zero attached hydrogens (tertiary/aromatic N) is 1. The van der Waals surface area contributed by atoms with E-state index in [9.17, 15) is 19.2 Å². The Labute approximate surface area is 232 Å². The lowest BCUT2D eigenvalue weighted by atomic mass is 9.72. The second kappa shape index (κ2) is 11.1. The third-order valence-corrected chi connectivity index (χ3v) is 8.89. The van der Waals surface area contributed by atoms with E-state index in [1.165, 1.54) is 7.11 Å². The lowest BCUT2D eigenvalue weighted by Crippen LogP contribution is -2.51. The summed E-state index contributed by atoms with van der Waals surface area (Å²) in [5.41, 5.74) is 0.807. The molecule has 39 heavy (non-hydrogen) atoms. The quantitative estimate of drug-likeness (QED) is 0.448. The van der Waals surface area contributed by atoms with Crippen LogP contribution in [0.5, 0.6) is 5.75 Å². The number of aromatic amines is 1. The maximum absolute atomic E-state index is 13.9. The van der Waals surface area contributed by atoms with Gasteiger partial charge in [-0.1, -0.05) is 30.9 Å². The summed E-state index contributed by atoms with van der Waals surface area (Å²) >= 11 is 6.42. The number of carbonyl (C=O) groups excluding carboxylic acids is 4. The number of rotatable bonds is 7. The Hall–Kier alpha value is -3.27. The van der Waals surface area contributed by atoms with Gasteiger partial charge in [0.15, 0.2) is 0 Å². The van der Waals surface area contributed by atoms with Crippen molar-refractivity contribution in [2.75, 3.05) is 27.3 Å². The van der Waals surface area contributed by atoms with Gasteiger partial charge in [-0.15, -0.1) is 0 Å². The number of hydrogen-bond donors (Lipinski definition) is 3. The zero-order valence-electron chi connectivity index (χ0n) is 22.3. The number of carbonyl (C=O) groups is 4. The molecule has 1 saturated carbocycles. The molecule has 3 atom stereocenters. The van der Waals surface area contributed by atoms with Crippen LogP contribution < -0.4 is 15.4 Å². The van der Waals surface area contributed by atoms with Gasteiger partial charge in [0, 0.05) is 30.5 Å². The lowest BCUT2D eigenvalue weighted by molar-refractivity contribution is -0.146. The van der Waals surface area contributed by atoms with E-state index < -0.39 is 24.0 Å². The first kappa shape index (κ1) is 27.3. The fraction of sp³-hybridized carbons (Fsp3) is 0.571. The molecular formula is C28H35ClN4O6. The molecule has 0 bridgehead atoms. The van der Waals surface area contributed by atoms with Gasteiger partial charge in [-0.25, -0.2) is 4.79 Å². The maximum Gasteiger partial charge on any atom is 0.328 e. The average molecular weight is 559 g/mol. The number of halogens is 1. The predicted octanol–water partition coefficient (Wildman–Crippen LogP) is 3.18. The van der Waals surface area contributed by atoms with Crippen LogP contribution in [0.25, 0.3) is 10.9 Å². The van der Waals surface area contributed by atoms with Gasteiger partial charge in [0.25, 0.3) is 5.91 Å². The molecule has 2 saturated heterocycles. The van der Waals surface area contributed by atoms with Gasteiger partial charge in [0.1, 0.15) is 23.5 Å². The van der Waals surface area contributed by atoms with Crippen LogP contribution in [0.15, 0.2) is 18.2 Å². The van der Waals surface area contributed by atoms with Crippen LogP contribution >= 0.6 is 11.6 Å². The van der Waals surface area contributed by atoms with E-state index in [4.69, 9.17) is 21.1 Å². The molecule has 210 valence electrons. The number of H-pyrrole nitrogens is 1. The van der Waals surface area contributed by atoms with Crippen LogP contribution in [-0.4, -0.2) is 73.0 Å². The Kier molecular flexibility index (Phi) is 7.75. The smallest absolute Gasteiger partial charge is 0.328 e. The molecule has 1 unspecified atom stereocenters. The van der Waals surface area contributed by atoms with Crippen molar-refractivity contribution in [2.45, 2.75) is 63.5 Å². The first-order chi connectivity index (χ1) is 18.7. The summed E-state index contributed by atoms with van der Waals surface area (Å²) in [6.07, 6.45) is 6.41. The Morgan fingerprint density at radius 3 is 2.62 bits per heavy atom. The van der Waals surface area contributed by atoms with E-state index in [1.54, 1.807) is 30.2 Å². The number of ether oxygens (including phenoxy) is 2. The molecule has 5 rings (SSSR count). The number of amides is 3. The van der Waals surface area contributed by atoms with E-state index in [0.29, 0.717) is 47.9 Å². The van der Waals surface area contributed by atoms with Crippen molar-refractivity contribution in [2.24, 2.45) is 11.3 Å². The van der Waals surface area contributed by atoms with Gasteiger partial charge in [0.2, 0.25) is 11.8 Å². The fourth-order valence-electron chi connectivity index (χ4n) is 6.51. The zero-order chi connectivity index (χ0) is 27.7. The first-order valence-electron chi connectivity index (χ1n) is 13.6. The van der Waals surface area contributed by atoms with Crippen molar-refractivity contribution in [1.82, 2.24) is 20.5 Å². The summed E-state index contributed by atoms with van der Waals surface area (Å²) < 4.78 is 10.3. The Morgan fingerprint density at radius 2 is 1.95 bits per heavy atom. The molecule has 3 amide bonds. The summed E-state index contributed by atoms with van der Waals surface area (Å²) in [6.45, 7) is 1.00. The Morgan fingerprint density at radius 1 is 1.18 bits per heavy atom. The number of likely N-dealkylation sites (tertiary alicyclic amines) is 1. The minimum Gasteiger partial charge on any atom is -0.497 e. The van der Waals surface area contributed by atoms with Crippen LogP contribution in [0.3, 0.4) is 0 Å². The largest absolute Gasteiger partial charge is 0.497 e. The van der Waals surface area contributed by atoms with E-state index in [2.05, 4.69) is 15.6 Å². The van der Waals surface area contributed by atoms with Crippen molar-refractivity contribution < 1.29 is 28.7 Å². The van der Waals surface area contributed by atoms with Gasteiger partial charge in [0.05, 0.1) is 24.8 Å². The molecule has 1 aromatic heterocycles. The number of hydrogen-bond acceptors (Lipinski definition) is 6. The second-order valence-corrected chi connectivity index (χ2v) is 11.5. The minimum atomic E-state index is -0.976. The average Bonchev–Trinajstić information content (AvgIpc) is 3.65. The van der Waals surface area contributed by atoms with E-state index in [-0.39, 0.29) is 29.6 Å². The molecule has 2 aliphatic heterocycles. The Bertz CT molecular complexity index is 1290. The summed E-state index contributed by atoms with van der Waals surface area (Å²) in [4.78, 5) is 57.2. The molecule has 10 nitrogen and oxygen atoms in total. The molecule has 1 spiro atoms. The SMILES string of the molecule is COC(=O)[C@H](C[C@@H]1CCNC1=O)NC(=O)C1CC2(CCCCC2)CN1C(=O)c1cc2cc(OC)cc(Cl)c2[nH]1. The van der Waals surface area contributed by atoms with Crippen molar-refractivity contribution >= 4 is 46.2 Å². The molecule has 11 heteroatoms. The molecule has 3 N–H and O–H groups in total. The van der Waals surface area contributed by atoms with Crippen molar-refractivity contribution in [3.63, 3.8) is 0 Å². The molecule has 3 aliphatic rings. The van der Waals surface area contributed by atoms with Crippen LogP contribution in [0.2, 0.25) is 5.02 Å². The number of nitrogens with one attached hydrogen (secondary N) is 3. The highest BCUT2D eigenvalue weighted by Gasteiger charge is 2.49. The van der Waals surface area contributed by atoms with E-state index in [0.717, 1.165) is 37.5 Å². The van der Waals surface area contributed by atoms with E-state index in [1.807, 2.05) is 0 Å². The maximum atomic E-state index is 13.9. The number of aromatic nitrogens is 1. The summed E-state index contributed by atoms with van der Waals surface area (Å²) in [6, 6.07) is 3.47. The number of methoxy groups -OCH3 is 2. The monoisotopic (exact) mass is 558 g/mol. The lowest BCUT2D eigenvalue weighted by Gasteiger charge is -2.32. The minimum absolute atomic E-state index is 0.133. The molecule has 1 aliphatic carbocycles. The predicted molar refractivity (Wildman–Crippen MR) is 145 cm³/mol. The van der Waals surface area contributed by atoms with Gasteiger partial charge < -0.3 is 30.0 Å². The molecule has 2 aromatic rings. The summed E-state index contributed by atoms with van der Waals surface area (Å²) in [7, 11) is 2.81. The second-order valence-electron chi connectivity index (χ2n) is 11.1. The van der Waals surface area contributed by atoms with Crippen LogP contribution in [-0.2, 0) is 19.1 Å². The zero-order valence-corrected chi connectivity index (χ0v) is 23.1. The third kappa shape index (κ3) is 5.44. The fourth-order valence-corrected chi connectivity index (χ4v) is 6.77. The van der Waals surface area contributed by atoms with Crippen molar-refractivity contribution in [3.05, 3.63) is 28.9 Å². The molecule has 0 radical (unpaired) electrons. The molecule has 3 heterocycles. The first-order valence-corrected chi connectivity index (χ1v) is 13.9. The van der Waals surface area contributed by atoms with Crippen LogP contribution in [0, 0.1) is 11.3 Å². The standard InChI is InChI=1S/C28H35ClN4O6/c1-38-18-10-17-12-20(31-23(17)19(29)13-18)26(36)33-15-28(7-4-3-5-8-28)14-22(33)25(35)32-21(27(37)39-2)11-16-6-9-30-24(16)34/h10,12-13,16,21-22,31H,3-9,11,14-15H2,1-2H3,(H,30,34)(H,32,35)/t16-,21-,22?/m0/s1. The third-order valence-electron chi connectivity index (χ3n) is 8.59. The van der Waals surface area contributed by atoms with Crippen LogP contribution in [0.4, 0.5) is 0 Å².